The van der Waals surface area contributed by atoms with E-state index in [2.05, 4.69) is 28.6 Å². The first kappa shape index (κ1) is 15.5. The Morgan fingerprint density at radius 2 is 2.35 bits per heavy atom. The Bertz CT molecular complexity index is 458. The Kier molecular flexibility index (Phi) is 5.18. The number of fused-ring (bicyclic) bond motifs is 1. The van der Waals surface area contributed by atoms with Crippen LogP contribution < -0.4 is 11.1 Å². The molecule has 1 aromatic heterocycles. The van der Waals surface area contributed by atoms with Crippen LogP contribution in [0.4, 0.5) is 0 Å². The second kappa shape index (κ2) is 6.70. The zero-order valence-corrected chi connectivity index (χ0v) is 13.4. The lowest BCUT2D eigenvalue weighted by Gasteiger charge is -2.39. The first-order valence-electron chi connectivity index (χ1n) is 7.34. The number of rotatable bonds is 5. The van der Waals surface area contributed by atoms with Gasteiger partial charge in [0.1, 0.15) is 0 Å². The molecule has 0 saturated heterocycles. The molecule has 2 rings (SSSR count). The monoisotopic (exact) mass is 295 g/mol. The number of carbonyl (C=O) groups excluding carboxylic acids is 1. The molecule has 2 unspecified atom stereocenters. The van der Waals surface area contributed by atoms with Crippen molar-refractivity contribution in [2.45, 2.75) is 51.7 Å². The van der Waals surface area contributed by atoms with Gasteiger partial charge in [-0.3, -0.25) is 9.69 Å². The number of nitrogens with two attached hydrogens (primary N) is 1. The summed E-state index contributed by atoms with van der Waals surface area (Å²) in [4.78, 5) is 15.8. The smallest absolute Gasteiger partial charge is 0.221 e. The van der Waals surface area contributed by atoms with E-state index < -0.39 is 0 Å². The maximum absolute atomic E-state index is 12.0. The largest absolute Gasteiger partial charge is 0.354 e. The minimum atomic E-state index is 0.0961. The summed E-state index contributed by atoms with van der Waals surface area (Å²) in [5.74, 6) is 0.0961. The molecule has 4 nitrogen and oxygen atoms in total. The minimum absolute atomic E-state index is 0.0961. The van der Waals surface area contributed by atoms with Crippen molar-refractivity contribution in [3.05, 3.63) is 21.9 Å². The van der Waals surface area contributed by atoms with Crippen molar-refractivity contribution in [2.75, 3.05) is 13.1 Å². The number of nitrogens with zero attached hydrogens (tertiary/aromatic N) is 1. The fourth-order valence-electron chi connectivity index (χ4n) is 2.96. The van der Waals surface area contributed by atoms with E-state index in [0.717, 1.165) is 13.0 Å². The second-order valence-electron chi connectivity index (χ2n) is 5.78. The molecule has 1 aliphatic rings. The van der Waals surface area contributed by atoms with Crippen LogP contribution in [0.3, 0.4) is 0 Å². The zero-order chi connectivity index (χ0) is 14.7. The van der Waals surface area contributed by atoms with Crippen LogP contribution in [0, 0.1) is 0 Å². The van der Waals surface area contributed by atoms with Gasteiger partial charge < -0.3 is 11.1 Å². The third-order valence-corrected chi connectivity index (χ3v) is 4.93. The highest BCUT2D eigenvalue weighted by atomic mass is 32.1. The molecule has 0 aliphatic carbocycles. The molecular weight excluding hydrogens is 270 g/mol. The van der Waals surface area contributed by atoms with Crippen LogP contribution in [0.5, 0.6) is 0 Å². The fourth-order valence-corrected chi connectivity index (χ4v) is 3.92. The molecule has 0 bridgehead atoms. The molecule has 20 heavy (non-hydrogen) atoms. The molecule has 1 aliphatic heterocycles. The van der Waals surface area contributed by atoms with Gasteiger partial charge in [-0.2, -0.15) is 0 Å². The summed E-state index contributed by atoms with van der Waals surface area (Å²) in [7, 11) is 0. The highest BCUT2D eigenvalue weighted by molar-refractivity contribution is 7.10. The lowest BCUT2D eigenvalue weighted by atomic mass is 9.98. The van der Waals surface area contributed by atoms with Gasteiger partial charge in [0, 0.05) is 42.5 Å². The van der Waals surface area contributed by atoms with Crippen molar-refractivity contribution in [1.82, 2.24) is 10.2 Å². The summed E-state index contributed by atoms with van der Waals surface area (Å²) in [5.41, 5.74) is 7.33. The van der Waals surface area contributed by atoms with Gasteiger partial charge >= 0.3 is 0 Å². The summed E-state index contributed by atoms with van der Waals surface area (Å²) in [6.45, 7) is 7.70. The second-order valence-corrected chi connectivity index (χ2v) is 6.78. The molecule has 1 amide bonds. The average molecular weight is 295 g/mol. The van der Waals surface area contributed by atoms with Crippen LogP contribution in [0.15, 0.2) is 11.4 Å². The number of hydrogen-bond donors (Lipinski definition) is 2. The summed E-state index contributed by atoms with van der Waals surface area (Å²) in [6, 6.07) is 2.86. The van der Waals surface area contributed by atoms with Gasteiger partial charge in [0.25, 0.3) is 0 Å². The van der Waals surface area contributed by atoms with E-state index in [1.54, 1.807) is 0 Å². The van der Waals surface area contributed by atoms with Gasteiger partial charge in [0.15, 0.2) is 0 Å². The van der Waals surface area contributed by atoms with Crippen molar-refractivity contribution in [2.24, 2.45) is 5.73 Å². The Hall–Kier alpha value is -0.910. The van der Waals surface area contributed by atoms with E-state index >= 15 is 0 Å². The molecule has 5 heteroatoms. The fraction of sp³-hybridized carbons (Fsp3) is 0.667. The molecule has 0 radical (unpaired) electrons. The van der Waals surface area contributed by atoms with Crippen LogP contribution >= 0.6 is 11.3 Å². The van der Waals surface area contributed by atoms with Crippen molar-refractivity contribution in [3.8, 4) is 0 Å². The van der Waals surface area contributed by atoms with Gasteiger partial charge in [-0.1, -0.05) is 0 Å². The molecule has 1 aromatic rings. The normalized spacial score (nSPS) is 20.8. The summed E-state index contributed by atoms with van der Waals surface area (Å²) < 4.78 is 0. The lowest BCUT2D eigenvalue weighted by Crippen LogP contribution is -2.48. The van der Waals surface area contributed by atoms with Crippen molar-refractivity contribution < 1.29 is 4.79 Å². The van der Waals surface area contributed by atoms with E-state index in [9.17, 15) is 4.79 Å². The molecule has 0 saturated carbocycles. The SMILES string of the molecule is CC(C)NC(=O)CC(CN)N1CCc2sccc2C1C. The first-order chi connectivity index (χ1) is 9.52. The van der Waals surface area contributed by atoms with E-state index in [4.69, 9.17) is 5.73 Å². The third kappa shape index (κ3) is 3.40. The van der Waals surface area contributed by atoms with Gasteiger partial charge in [0.05, 0.1) is 0 Å². The van der Waals surface area contributed by atoms with Crippen LogP contribution in [-0.4, -0.2) is 36.0 Å². The summed E-state index contributed by atoms with van der Waals surface area (Å²) in [6.07, 6.45) is 1.55. The molecule has 0 fully saturated rings. The van der Waals surface area contributed by atoms with E-state index in [1.807, 2.05) is 25.2 Å². The van der Waals surface area contributed by atoms with Crippen molar-refractivity contribution in [1.29, 1.82) is 0 Å². The van der Waals surface area contributed by atoms with E-state index in [1.165, 1.54) is 10.4 Å². The number of nitrogens with one attached hydrogen (secondary N) is 1. The van der Waals surface area contributed by atoms with Gasteiger partial charge in [0.2, 0.25) is 5.91 Å². The predicted octanol–water partition coefficient (Wildman–Crippen LogP) is 1.91. The maximum atomic E-state index is 12.0. The maximum Gasteiger partial charge on any atom is 0.221 e. The van der Waals surface area contributed by atoms with Crippen LogP contribution in [0.1, 0.15) is 43.7 Å². The Labute approximate surface area is 125 Å². The minimum Gasteiger partial charge on any atom is -0.354 e. The van der Waals surface area contributed by atoms with Crippen molar-refractivity contribution >= 4 is 17.2 Å². The quantitative estimate of drug-likeness (QED) is 0.872. The lowest BCUT2D eigenvalue weighted by molar-refractivity contribution is -0.123. The van der Waals surface area contributed by atoms with E-state index in [-0.39, 0.29) is 18.0 Å². The molecule has 3 N–H and O–H groups in total. The number of hydrogen-bond acceptors (Lipinski definition) is 4. The third-order valence-electron chi connectivity index (χ3n) is 3.94. The molecule has 0 spiro atoms. The number of amides is 1. The van der Waals surface area contributed by atoms with Gasteiger partial charge in [-0.25, -0.2) is 0 Å². The van der Waals surface area contributed by atoms with Crippen LogP contribution in [0.25, 0.3) is 0 Å². The number of thiophene rings is 1. The molecule has 112 valence electrons. The zero-order valence-electron chi connectivity index (χ0n) is 12.6. The van der Waals surface area contributed by atoms with Crippen LogP contribution in [-0.2, 0) is 11.2 Å². The Morgan fingerprint density at radius 1 is 1.60 bits per heavy atom. The Balaban J connectivity index is 2.03. The van der Waals surface area contributed by atoms with Crippen LogP contribution in [0.2, 0.25) is 0 Å². The molecule has 2 atom stereocenters. The average Bonchev–Trinajstić information content (AvgIpc) is 2.85. The molecule has 2 heterocycles. The summed E-state index contributed by atoms with van der Waals surface area (Å²) >= 11 is 1.84. The standard InChI is InChI=1S/C15H25N3OS/c1-10(2)17-15(19)8-12(9-16)18-6-4-14-13(11(18)3)5-7-20-14/h5,7,10-12H,4,6,8-9,16H2,1-3H3,(H,17,19). The number of carbonyl (C=O) groups is 1. The van der Waals surface area contributed by atoms with Crippen molar-refractivity contribution in [3.63, 3.8) is 0 Å². The molecule has 0 aromatic carbocycles. The van der Waals surface area contributed by atoms with Gasteiger partial charge in [-0.15, -0.1) is 11.3 Å². The topological polar surface area (TPSA) is 58.4 Å². The van der Waals surface area contributed by atoms with E-state index in [0.29, 0.717) is 19.0 Å². The highest BCUT2D eigenvalue weighted by Crippen LogP contribution is 2.34. The molecular formula is C15H25N3OS. The highest BCUT2D eigenvalue weighted by Gasteiger charge is 2.30. The first-order valence-corrected chi connectivity index (χ1v) is 8.22. The summed E-state index contributed by atoms with van der Waals surface area (Å²) in [5, 5.41) is 5.12. The van der Waals surface area contributed by atoms with Gasteiger partial charge in [-0.05, 0) is 44.2 Å². The predicted molar refractivity (Wildman–Crippen MR) is 83.9 cm³/mol. The Morgan fingerprint density at radius 3 is 3.00 bits per heavy atom.